The molecule has 4 rings (SSSR count). The van der Waals surface area contributed by atoms with Gasteiger partial charge in [-0.1, -0.05) is 32.6 Å². The summed E-state index contributed by atoms with van der Waals surface area (Å²) in [6.45, 7) is 3.34. The van der Waals surface area contributed by atoms with Gasteiger partial charge in [0.25, 0.3) is 5.91 Å². The Morgan fingerprint density at radius 2 is 1.76 bits per heavy atom. The molecule has 1 N–H and O–H groups in total. The Morgan fingerprint density at radius 1 is 1.07 bits per heavy atom. The van der Waals surface area contributed by atoms with Gasteiger partial charge in [-0.3, -0.25) is 14.2 Å². The molecule has 1 aromatic carbocycles. The van der Waals surface area contributed by atoms with Crippen LogP contribution in [0.25, 0.3) is 5.69 Å². The second-order valence-electron chi connectivity index (χ2n) is 8.47. The number of likely N-dealkylation sites (tertiary alicyclic amines) is 1. The highest BCUT2D eigenvalue weighted by Crippen LogP contribution is 2.28. The van der Waals surface area contributed by atoms with Gasteiger partial charge in [-0.25, -0.2) is 0 Å². The predicted molar refractivity (Wildman–Crippen MR) is 110 cm³/mol. The van der Waals surface area contributed by atoms with Crippen molar-refractivity contribution in [1.82, 2.24) is 25.0 Å². The van der Waals surface area contributed by atoms with Crippen LogP contribution in [0.15, 0.2) is 36.9 Å². The Hall–Kier alpha value is -2.70. The monoisotopic (exact) mass is 395 g/mol. The molecule has 29 heavy (non-hydrogen) atoms. The molecule has 2 heterocycles. The van der Waals surface area contributed by atoms with Crippen LogP contribution in [0.3, 0.4) is 0 Å². The summed E-state index contributed by atoms with van der Waals surface area (Å²) in [6, 6.07) is 7.47. The van der Waals surface area contributed by atoms with Crippen LogP contribution in [0, 0.1) is 11.8 Å². The number of nitrogens with zero attached hydrogens (tertiary/aromatic N) is 4. The third-order valence-corrected chi connectivity index (χ3v) is 6.33. The van der Waals surface area contributed by atoms with E-state index in [1.807, 2.05) is 29.2 Å². The first-order chi connectivity index (χ1) is 14.1. The van der Waals surface area contributed by atoms with Crippen molar-refractivity contribution in [2.45, 2.75) is 51.5 Å². The van der Waals surface area contributed by atoms with Gasteiger partial charge in [0.2, 0.25) is 5.91 Å². The average molecular weight is 396 g/mol. The first kappa shape index (κ1) is 19.6. The molecule has 2 amide bonds. The highest BCUT2D eigenvalue weighted by molar-refractivity contribution is 5.94. The van der Waals surface area contributed by atoms with E-state index < -0.39 is 0 Å². The second kappa shape index (κ2) is 8.76. The molecule has 1 aromatic heterocycles. The number of amides is 2. The smallest absolute Gasteiger partial charge is 0.253 e. The number of nitrogens with one attached hydrogen (secondary N) is 1. The molecule has 0 radical (unpaired) electrons. The van der Waals surface area contributed by atoms with Gasteiger partial charge in [0, 0.05) is 30.8 Å². The highest BCUT2D eigenvalue weighted by Gasteiger charge is 2.33. The number of hydrogen-bond donors (Lipinski definition) is 1. The molecule has 2 atom stereocenters. The maximum Gasteiger partial charge on any atom is 0.253 e. The predicted octanol–water partition coefficient (Wildman–Crippen LogP) is 2.81. The standard InChI is InChI=1S/C22H29N5O2/c1-16-12-26(13-20(16)25-21(28)11-6-17-4-2-3-5-17)22(29)18-7-9-19(10-8-18)27-14-23-24-15-27/h7-10,14-17,20H,2-6,11-13H2,1H3,(H,25,28). The Labute approximate surface area is 171 Å². The maximum atomic E-state index is 12.9. The Bertz CT molecular complexity index is 827. The molecule has 2 aromatic rings. The van der Waals surface area contributed by atoms with Crippen LogP contribution in [0.1, 0.15) is 55.8 Å². The first-order valence-corrected chi connectivity index (χ1v) is 10.6. The third kappa shape index (κ3) is 4.66. The SMILES string of the molecule is CC1CN(C(=O)c2ccc(-n3cnnc3)cc2)CC1NC(=O)CCC1CCCC1. The molecule has 1 saturated heterocycles. The van der Waals surface area contributed by atoms with Crippen molar-refractivity contribution in [2.75, 3.05) is 13.1 Å². The number of carbonyl (C=O) groups excluding carboxylic acids is 2. The Balaban J connectivity index is 1.30. The maximum absolute atomic E-state index is 12.9. The van der Waals surface area contributed by atoms with E-state index in [1.54, 1.807) is 17.2 Å². The van der Waals surface area contributed by atoms with E-state index in [2.05, 4.69) is 22.4 Å². The summed E-state index contributed by atoms with van der Waals surface area (Å²) < 4.78 is 1.79. The highest BCUT2D eigenvalue weighted by atomic mass is 16.2. The number of rotatable bonds is 6. The van der Waals surface area contributed by atoms with Crippen LogP contribution in [-0.2, 0) is 4.79 Å². The molecule has 2 aliphatic rings. The number of hydrogen-bond acceptors (Lipinski definition) is 4. The van der Waals surface area contributed by atoms with Crippen LogP contribution in [0.4, 0.5) is 0 Å². The molecule has 154 valence electrons. The lowest BCUT2D eigenvalue weighted by Crippen LogP contribution is -2.40. The lowest BCUT2D eigenvalue weighted by Gasteiger charge is -2.18. The van der Waals surface area contributed by atoms with Gasteiger partial charge in [0.1, 0.15) is 12.7 Å². The molecule has 1 saturated carbocycles. The normalized spacial score (nSPS) is 22.2. The van der Waals surface area contributed by atoms with Gasteiger partial charge in [-0.2, -0.15) is 0 Å². The fraction of sp³-hybridized carbons (Fsp3) is 0.545. The molecule has 0 bridgehead atoms. The first-order valence-electron chi connectivity index (χ1n) is 10.6. The van der Waals surface area contributed by atoms with Crippen molar-refractivity contribution in [3.8, 4) is 5.69 Å². The van der Waals surface area contributed by atoms with E-state index in [0.29, 0.717) is 25.1 Å². The second-order valence-corrected chi connectivity index (χ2v) is 8.47. The fourth-order valence-electron chi connectivity index (χ4n) is 4.53. The van der Waals surface area contributed by atoms with Crippen LogP contribution < -0.4 is 5.32 Å². The van der Waals surface area contributed by atoms with Gasteiger partial charge in [-0.15, -0.1) is 10.2 Å². The molecule has 2 unspecified atom stereocenters. The molecule has 7 heteroatoms. The zero-order valence-corrected chi connectivity index (χ0v) is 17.0. The number of benzene rings is 1. The van der Waals surface area contributed by atoms with Gasteiger partial charge >= 0.3 is 0 Å². The van der Waals surface area contributed by atoms with Crippen LogP contribution in [-0.4, -0.2) is 50.6 Å². The van der Waals surface area contributed by atoms with Crippen LogP contribution >= 0.6 is 0 Å². The van der Waals surface area contributed by atoms with Crippen LogP contribution in [0.5, 0.6) is 0 Å². The van der Waals surface area contributed by atoms with Crippen molar-refractivity contribution < 1.29 is 9.59 Å². The number of aromatic nitrogens is 3. The largest absolute Gasteiger partial charge is 0.351 e. The van der Waals surface area contributed by atoms with Gasteiger partial charge < -0.3 is 10.2 Å². The molecule has 1 aliphatic heterocycles. The van der Waals surface area contributed by atoms with Gasteiger partial charge in [0.05, 0.1) is 6.04 Å². The summed E-state index contributed by atoms with van der Waals surface area (Å²) in [5, 5.41) is 10.8. The summed E-state index contributed by atoms with van der Waals surface area (Å²) in [5.74, 6) is 1.11. The minimum Gasteiger partial charge on any atom is -0.351 e. The quantitative estimate of drug-likeness (QED) is 0.816. The van der Waals surface area contributed by atoms with E-state index in [9.17, 15) is 9.59 Å². The van der Waals surface area contributed by atoms with Gasteiger partial charge in [0.15, 0.2) is 0 Å². The molecule has 7 nitrogen and oxygen atoms in total. The minimum atomic E-state index is 0.00913. The summed E-state index contributed by atoms with van der Waals surface area (Å²) in [7, 11) is 0. The van der Waals surface area contributed by atoms with E-state index in [-0.39, 0.29) is 23.8 Å². The Morgan fingerprint density at radius 3 is 2.45 bits per heavy atom. The van der Waals surface area contributed by atoms with Crippen molar-refractivity contribution in [3.05, 3.63) is 42.5 Å². The molecular formula is C22H29N5O2. The molecular weight excluding hydrogens is 366 g/mol. The number of carbonyl (C=O) groups is 2. The van der Waals surface area contributed by atoms with Crippen molar-refractivity contribution in [3.63, 3.8) is 0 Å². The zero-order valence-electron chi connectivity index (χ0n) is 17.0. The summed E-state index contributed by atoms with van der Waals surface area (Å²) in [4.78, 5) is 27.1. The molecule has 1 aliphatic carbocycles. The van der Waals surface area contributed by atoms with Crippen LogP contribution in [0.2, 0.25) is 0 Å². The summed E-state index contributed by atoms with van der Waals surface area (Å²) in [5.41, 5.74) is 1.57. The third-order valence-electron chi connectivity index (χ3n) is 6.33. The molecule has 0 spiro atoms. The van der Waals surface area contributed by atoms with Crippen molar-refractivity contribution >= 4 is 11.8 Å². The van der Waals surface area contributed by atoms with Gasteiger partial charge in [-0.05, 0) is 42.5 Å². The minimum absolute atomic E-state index is 0.00913. The van der Waals surface area contributed by atoms with E-state index >= 15 is 0 Å². The summed E-state index contributed by atoms with van der Waals surface area (Å²) >= 11 is 0. The van der Waals surface area contributed by atoms with E-state index in [4.69, 9.17) is 0 Å². The lowest BCUT2D eigenvalue weighted by molar-refractivity contribution is -0.122. The van der Waals surface area contributed by atoms with Crippen molar-refractivity contribution in [1.29, 1.82) is 0 Å². The Kier molecular flexibility index (Phi) is 5.92. The fourth-order valence-corrected chi connectivity index (χ4v) is 4.53. The zero-order chi connectivity index (χ0) is 20.2. The lowest BCUT2D eigenvalue weighted by atomic mass is 10.0. The summed E-state index contributed by atoms with van der Waals surface area (Å²) in [6.07, 6.45) is 10.0. The van der Waals surface area contributed by atoms with E-state index in [0.717, 1.165) is 18.0 Å². The molecule has 2 fully saturated rings. The average Bonchev–Trinajstić information content (AvgIpc) is 3.49. The topological polar surface area (TPSA) is 80.1 Å². The van der Waals surface area contributed by atoms with E-state index in [1.165, 1.54) is 25.7 Å². The van der Waals surface area contributed by atoms with Crippen molar-refractivity contribution in [2.24, 2.45) is 11.8 Å².